The summed E-state index contributed by atoms with van der Waals surface area (Å²) in [5, 5.41) is 2.71. The van der Waals surface area contributed by atoms with E-state index in [1.54, 1.807) is 30.6 Å². The van der Waals surface area contributed by atoms with Crippen molar-refractivity contribution >= 4 is 34.5 Å². The molecule has 1 aliphatic rings. The number of ether oxygens (including phenoxy) is 1. The van der Waals surface area contributed by atoms with Gasteiger partial charge in [0.25, 0.3) is 5.91 Å². The molecule has 3 aromatic carbocycles. The minimum Gasteiger partial charge on any atom is -0.482 e. The molecule has 0 spiro atoms. The van der Waals surface area contributed by atoms with Gasteiger partial charge in [0.15, 0.2) is 12.4 Å². The number of rotatable bonds is 4. The molecule has 0 unspecified atom stereocenters. The Morgan fingerprint density at radius 3 is 2.77 bits per heavy atom. The Hall–Kier alpha value is -4.19. The molecule has 146 valence electrons. The van der Waals surface area contributed by atoms with Crippen LogP contribution in [0.25, 0.3) is 22.8 Å². The normalized spacial score (nSPS) is 13.1. The fraction of sp³-hybridized carbons (Fsp3) is 0.0417. The van der Waals surface area contributed by atoms with Gasteiger partial charge in [-0.3, -0.25) is 14.2 Å². The molecule has 0 saturated heterocycles. The zero-order valence-corrected chi connectivity index (χ0v) is 15.9. The predicted molar refractivity (Wildman–Crippen MR) is 115 cm³/mol. The molecule has 0 fully saturated rings. The van der Waals surface area contributed by atoms with Crippen molar-refractivity contribution < 1.29 is 14.3 Å². The van der Waals surface area contributed by atoms with Crippen LogP contribution in [0.5, 0.6) is 5.75 Å². The van der Waals surface area contributed by atoms with Crippen molar-refractivity contribution in [2.24, 2.45) is 0 Å². The van der Waals surface area contributed by atoms with E-state index in [1.807, 2.05) is 53.1 Å². The molecule has 0 radical (unpaired) electrons. The fourth-order valence-electron chi connectivity index (χ4n) is 3.42. The van der Waals surface area contributed by atoms with Gasteiger partial charge >= 0.3 is 0 Å². The number of allylic oxidation sites excluding steroid dienone is 1. The topological polar surface area (TPSA) is 73.2 Å². The van der Waals surface area contributed by atoms with Gasteiger partial charge < -0.3 is 10.1 Å². The highest BCUT2D eigenvalue weighted by molar-refractivity contribution is 6.08. The molecule has 6 nitrogen and oxygen atoms in total. The van der Waals surface area contributed by atoms with Crippen LogP contribution in [-0.2, 0) is 4.79 Å². The van der Waals surface area contributed by atoms with Crippen LogP contribution >= 0.6 is 0 Å². The summed E-state index contributed by atoms with van der Waals surface area (Å²) in [5.41, 5.74) is 4.89. The number of nitrogens with one attached hydrogen (secondary N) is 1. The number of para-hydroxylation sites is 2. The fourth-order valence-corrected chi connectivity index (χ4v) is 3.42. The smallest absolute Gasteiger partial charge is 0.262 e. The molecule has 2 heterocycles. The Labute approximate surface area is 172 Å². The monoisotopic (exact) mass is 395 g/mol. The SMILES string of the molecule is O=C1COc2ccc(C(=O)/C=C/c3ccc(-n4cnc5ccccc54)cc3)cc2N1. The lowest BCUT2D eigenvalue weighted by Gasteiger charge is -2.17. The Morgan fingerprint density at radius 2 is 1.90 bits per heavy atom. The number of imidazole rings is 1. The highest BCUT2D eigenvalue weighted by atomic mass is 16.5. The van der Waals surface area contributed by atoms with Crippen LogP contribution in [0.3, 0.4) is 0 Å². The van der Waals surface area contributed by atoms with Gasteiger partial charge in [0.2, 0.25) is 0 Å². The molecule has 1 aliphatic heterocycles. The van der Waals surface area contributed by atoms with Crippen molar-refractivity contribution in [1.29, 1.82) is 0 Å². The van der Waals surface area contributed by atoms with Crippen LogP contribution in [0.4, 0.5) is 5.69 Å². The largest absolute Gasteiger partial charge is 0.482 e. The summed E-state index contributed by atoms with van der Waals surface area (Å²) < 4.78 is 7.35. The highest BCUT2D eigenvalue weighted by Crippen LogP contribution is 2.28. The van der Waals surface area contributed by atoms with Crippen molar-refractivity contribution in [2.75, 3.05) is 11.9 Å². The van der Waals surface area contributed by atoms with E-state index in [0.717, 1.165) is 22.3 Å². The lowest BCUT2D eigenvalue weighted by atomic mass is 10.1. The van der Waals surface area contributed by atoms with Gasteiger partial charge in [-0.25, -0.2) is 4.98 Å². The molecule has 30 heavy (non-hydrogen) atoms. The molecule has 0 aliphatic carbocycles. The van der Waals surface area contributed by atoms with Crippen molar-refractivity contribution in [3.05, 3.63) is 90.3 Å². The molecule has 0 bridgehead atoms. The van der Waals surface area contributed by atoms with Crippen molar-refractivity contribution in [1.82, 2.24) is 9.55 Å². The van der Waals surface area contributed by atoms with Gasteiger partial charge in [0.1, 0.15) is 12.1 Å². The van der Waals surface area contributed by atoms with E-state index in [9.17, 15) is 9.59 Å². The summed E-state index contributed by atoms with van der Waals surface area (Å²) in [5.74, 6) is 0.188. The second-order valence-corrected chi connectivity index (χ2v) is 6.94. The number of aromatic nitrogens is 2. The van der Waals surface area contributed by atoms with Crippen molar-refractivity contribution in [2.45, 2.75) is 0 Å². The number of carbonyl (C=O) groups excluding carboxylic acids is 2. The second-order valence-electron chi connectivity index (χ2n) is 6.94. The first kappa shape index (κ1) is 17.9. The van der Waals surface area contributed by atoms with E-state index in [-0.39, 0.29) is 18.3 Å². The minimum absolute atomic E-state index is 0.00887. The molecule has 4 aromatic rings. The number of nitrogens with zero attached hydrogens (tertiary/aromatic N) is 2. The van der Waals surface area contributed by atoms with Crippen LogP contribution in [0.15, 0.2) is 79.1 Å². The van der Waals surface area contributed by atoms with Crippen molar-refractivity contribution in [3.8, 4) is 11.4 Å². The van der Waals surface area contributed by atoms with Gasteiger partial charge in [-0.2, -0.15) is 0 Å². The third-order valence-electron chi connectivity index (χ3n) is 4.95. The molecule has 1 amide bonds. The van der Waals surface area contributed by atoms with E-state index >= 15 is 0 Å². The quantitative estimate of drug-likeness (QED) is 0.414. The van der Waals surface area contributed by atoms with Gasteiger partial charge in [-0.15, -0.1) is 0 Å². The number of anilines is 1. The minimum atomic E-state index is -0.228. The van der Waals surface area contributed by atoms with Crippen LogP contribution in [-0.4, -0.2) is 27.8 Å². The zero-order valence-electron chi connectivity index (χ0n) is 15.9. The van der Waals surface area contributed by atoms with Crippen LogP contribution < -0.4 is 10.1 Å². The number of fused-ring (bicyclic) bond motifs is 2. The third-order valence-corrected chi connectivity index (χ3v) is 4.95. The maximum Gasteiger partial charge on any atom is 0.262 e. The Bertz CT molecular complexity index is 1300. The standard InChI is InChI=1S/C24H17N3O3/c28-22(17-8-12-23-20(13-17)26-24(29)14-30-23)11-7-16-5-9-18(10-6-16)27-15-25-19-3-1-2-4-21(19)27/h1-13,15H,14H2,(H,26,29)/b11-7+. The Morgan fingerprint density at radius 1 is 1.07 bits per heavy atom. The molecule has 5 rings (SSSR count). The molecular formula is C24H17N3O3. The molecule has 0 saturated carbocycles. The molecule has 1 aromatic heterocycles. The predicted octanol–water partition coefficient (Wildman–Crippen LogP) is 4.25. The molecule has 0 atom stereocenters. The third kappa shape index (κ3) is 3.35. The maximum absolute atomic E-state index is 12.5. The number of hydrogen-bond acceptors (Lipinski definition) is 4. The first-order chi connectivity index (χ1) is 14.7. The number of carbonyl (C=O) groups is 2. The summed E-state index contributed by atoms with van der Waals surface area (Å²) in [6.45, 7) is -0.00887. The summed E-state index contributed by atoms with van der Waals surface area (Å²) in [7, 11) is 0. The average Bonchev–Trinajstić information content (AvgIpc) is 3.21. The first-order valence-electron chi connectivity index (χ1n) is 9.49. The maximum atomic E-state index is 12.5. The summed E-state index contributed by atoms with van der Waals surface area (Å²) in [6.07, 6.45) is 5.10. The lowest BCUT2D eigenvalue weighted by molar-refractivity contribution is -0.118. The van der Waals surface area contributed by atoms with Gasteiger partial charge in [-0.05, 0) is 54.1 Å². The van der Waals surface area contributed by atoms with E-state index in [0.29, 0.717) is 17.0 Å². The number of ketones is 1. The lowest BCUT2D eigenvalue weighted by Crippen LogP contribution is -2.25. The summed E-state index contributed by atoms with van der Waals surface area (Å²) >= 11 is 0. The Kier molecular flexibility index (Phi) is 4.37. The first-order valence-corrected chi connectivity index (χ1v) is 9.49. The molecule has 1 N–H and O–H groups in total. The number of benzene rings is 3. The van der Waals surface area contributed by atoms with E-state index in [1.165, 1.54) is 6.08 Å². The van der Waals surface area contributed by atoms with Gasteiger partial charge in [0, 0.05) is 11.3 Å². The number of amides is 1. The summed E-state index contributed by atoms with van der Waals surface area (Å²) in [4.78, 5) is 28.4. The van der Waals surface area contributed by atoms with E-state index in [2.05, 4.69) is 10.3 Å². The van der Waals surface area contributed by atoms with Crippen molar-refractivity contribution in [3.63, 3.8) is 0 Å². The molecular weight excluding hydrogens is 378 g/mol. The molecule has 6 heteroatoms. The average molecular weight is 395 g/mol. The number of hydrogen-bond donors (Lipinski definition) is 1. The Balaban J connectivity index is 1.34. The van der Waals surface area contributed by atoms with E-state index in [4.69, 9.17) is 4.74 Å². The van der Waals surface area contributed by atoms with Gasteiger partial charge in [-0.1, -0.05) is 30.3 Å². The second kappa shape index (κ2) is 7.33. The van der Waals surface area contributed by atoms with Crippen LogP contribution in [0.2, 0.25) is 0 Å². The zero-order chi connectivity index (χ0) is 20.5. The highest BCUT2D eigenvalue weighted by Gasteiger charge is 2.17. The van der Waals surface area contributed by atoms with Crippen LogP contribution in [0, 0.1) is 0 Å². The summed E-state index contributed by atoms with van der Waals surface area (Å²) in [6, 6.07) is 20.9. The van der Waals surface area contributed by atoms with E-state index < -0.39 is 0 Å². The van der Waals surface area contributed by atoms with Crippen LogP contribution in [0.1, 0.15) is 15.9 Å². The van der Waals surface area contributed by atoms with Gasteiger partial charge in [0.05, 0.1) is 16.7 Å².